The van der Waals surface area contributed by atoms with Crippen molar-refractivity contribution in [2.24, 2.45) is 5.92 Å². The van der Waals surface area contributed by atoms with Crippen molar-refractivity contribution in [2.45, 2.75) is 18.9 Å². The van der Waals surface area contributed by atoms with E-state index in [2.05, 4.69) is 20.2 Å². The molecule has 19 heavy (non-hydrogen) atoms. The lowest BCUT2D eigenvalue weighted by Gasteiger charge is -2.24. The largest absolute Gasteiger partial charge is 0.340 e. The van der Waals surface area contributed by atoms with Crippen molar-refractivity contribution < 1.29 is 4.39 Å². The highest BCUT2D eigenvalue weighted by molar-refractivity contribution is 5.77. The van der Waals surface area contributed by atoms with Crippen LogP contribution in [0.3, 0.4) is 0 Å². The van der Waals surface area contributed by atoms with Crippen LogP contribution in [0.5, 0.6) is 0 Å². The highest BCUT2D eigenvalue weighted by Gasteiger charge is 2.35. The molecule has 5 heteroatoms. The van der Waals surface area contributed by atoms with Crippen molar-refractivity contribution in [1.82, 2.24) is 15.3 Å². The van der Waals surface area contributed by atoms with Crippen LogP contribution in [0.4, 0.5) is 10.3 Å². The fraction of sp³-hybridized carbons (Fsp3) is 0.500. The molecule has 2 aliphatic heterocycles. The normalized spacial score (nSPS) is 26.9. The van der Waals surface area contributed by atoms with Gasteiger partial charge in [0.15, 0.2) is 0 Å². The lowest BCUT2D eigenvalue weighted by atomic mass is 9.94. The SMILES string of the molecule is Fc1ccc2nc(N3CC4CCCNC4C3)[nH]c2c1. The van der Waals surface area contributed by atoms with E-state index in [1.807, 2.05) is 0 Å². The zero-order valence-electron chi connectivity index (χ0n) is 10.7. The van der Waals surface area contributed by atoms with E-state index in [9.17, 15) is 4.39 Å². The first kappa shape index (κ1) is 11.2. The van der Waals surface area contributed by atoms with Crippen LogP contribution in [0.2, 0.25) is 0 Å². The maximum absolute atomic E-state index is 13.2. The van der Waals surface area contributed by atoms with E-state index >= 15 is 0 Å². The summed E-state index contributed by atoms with van der Waals surface area (Å²) in [6, 6.07) is 5.27. The zero-order valence-corrected chi connectivity index (χ0v) is 10.7. The van der Waals surface area contributed by atoms with Crippen LogP contribution in [0.15, 0.2) is 18.2 Å². The molecule has 0 radical (unpaired) electrons. The standard InChI is InChI=1S/C14H17FN4/c15-10-3-4-11-12(6-10)18-14(17-11)19-7-9-2-1-5-16-13(9)8-19/h3-4,6,9,13,16H,1-2,5,7-8H2,(H,17,18). The predicted molar refractivity (Wildman–Crippen MR) is 72.8 cm³/mol. The van der Waals surface area contributed by atoms with Crippen LogP contribution < -0.4 is 10.2 Å². The van der Waals surface area contributed by atoms with Gasteiger partial charge in [-0.05, 0) is 43.5 Å². The minimum Gasteiger partial charge on any atom is -0.340 e. The van der Waals surface area contributed by atoms with Gasteiger partial charge in [-0.2, -0.15) is 0 Å². The van der Waals surface area contributed by atoms with Gasteiger partial charge in [0.2, 0.25) is 5.95 Å². The van der Waals surface area contributed by atoms with Crippen LogP contribution >= 0.6 is 0 Å². The molecular formula is C14H17FN4. The van der Waals surface area contributed by atoms with Gasteiger partial charge in [-0.1, -0.05) is 0 Å². The van der Waals surface area contributed by atoms with Crippen molar-refractivity contribution in [3.63, 3.8) is 0 Å². The van der Waals surface area contributed by atoms with Crippen LogP contribution in [-0.4, -0.2) is 35.6 Å². The number of fused-ring (bicyclic) bond motifs is 2. The summed E-state index contributed by atoms with van der Waals surface area (Å²) in [5, 5.41) is 3.58. The van der Waals surface area contributed by atoms with E-state index in [1.54, 1.807) is 6.07 Å². The van der Waals surface area contributed by atoms with Gasteiger partial charge in [0, 0.05) is 19.1 Å². The molecular weight excluding hydrogens is 243 g/mol. The third-order valence-electron chi connectivity index (χ3n) is 4.33. The van der Waals surface area contributed by atoms with Crippen molar-refractivity contribution in [3.05, 3.63) is 24.0 Å². The molecule has 4 rings (SSSR count). The number of hydrogen-bond donors (Lipinski definition) is 2. The number of nitrogens with zero attached hydrogens (tertiary/aromatic N) is 2. The first-order valence-electron chi connectivity index (χ1n) is 6.93. The highest BCUT2D eigenvalue weighted by Crippen LogP contribution is 2.28. The van der Waals surface area contributed by atoms with E-state index in [1.165, 1.54) is 25.0 Å². The fourth-order valence-corrected chi connectivity index (χ4v) is 3.34. The van der Waals surface area contributed by atoms with E-state index in [4.69, 9.17) is 0 Å². The monoisotopic (exact) mass is 260 g/mol. The molecule has 1 aromatic heterocycles. The number of rotatable bonds is 1. The van der Waals surface area contributed by atoms with Gasteiger partial charge in [0.25, 0.3) is 0 Å². The molecule has 0 saturated carbocycles. The highest BCUT2D eigenvalue weighted by atomic mass is 19.1. The molecule has 3 heterocycles. The topological polar surface area (TPSA) is 44.0 Å². The van der Waals surface area contributed by atoms with Crippen molar-refractivity contribution >= 4 is 17.0 Å². The van der Waals surface area contributed by atoms with E-state index in [0.717, 1.165) is 42.5 Å². The molecule has 2 unspecified atom stereocenters. The van der Waals surface area contributed by atoms with E-state index < -0.39 is 0 Å². The number of anilines is 1. The van der Waals surface area contributed by atoms with Gasteiger partial charge in [-0.25, -0.2) is 9.37 Å². The summed E-state index contributed by atoms with van der Waals surface area (Å²) >= 11 is 0. The minimum atomic E-state index is -0.223. The van der Waals surface area contributed by atoms with Gasteiger partial charge in [-0.3, -0.25) is 0 Å². The van der Waals surface area contributed by atoms with Gasteiger partial charge < -0.3 is 15.2 Å². The Bertz CT molecular complexity index is 595. The number of halogens is 1. The second-order valence-corrected chi connectivity index (χ2v) is 5.59. The molecule has 2 aliphatic rings. The molecule has 2 N–H and O–H groups in total. The first-order chi connectivity index (χ1) is 9.29. The first-order valence-corrected chi connectivity index (χ1v) is 6.93. The summed E-state index contributed by atoms with van der Waals surface area (Å²) < 4.78 is 13.2. The van der Waals surface area contributed by atoms with E-state index in [0.29, 0.717) is 6.04 Å². The van der Waals surface area contributed by atoms with Gasteiger partial charge in [0.05, 0.1) is 11.0 Å². The number of piperidine rings is 1. The summed E-state index contributed by atoms with van der Waals surface area (Å²) in [6.45, 7) is 3.16. The third-order valence-corrected chi connectivity index (χ3v) is 4.33. The molecule has 4 nitrogen and oxygen atoms in total. The van der Waals surface area contributed by atoms with Crippen molar-refractivity contribution in [1.29, 1.82) is 0 Å². The molecule has 2 fully saturated rings. The number of aromatic nitrogens is 2. The molecule has 2 atom stereocenters. The van der Waals surface area contributed by atoms with Crippen molar-refractivity contribution in [2.75, 3.05) is 24.5 Å². The molecule has 2 saturated heterocycles. The molecule has 0 bridgehead atoms. The Morgan fingerprint density at radius 2 is 2.26 bits per heavy atom. The second kappa shape index (κ2) is 4.20. The summed E-state index contributed by atoms with van der Waals surface area (Å²) in [5.74, 6) is 1.37. The van der Waals surface area contributed by atoms with Crippen LogP contribution in [0, 0.1) is 11.7 Å². The lowest BCUT2D eigenvalue weighted by molar-refractivity contribution is 0.340. The minimum absolute atomic E-state index is 0.223. The average molecular weight is 260 g/mol. The number of nitrogens with one attached hydrogen (secondary N) is 2. The Morgan fingerprint density at radius 3 is 3.16 bits per heavy atom. The summed E-state index contributed by atoms with van der Waals surface area (Å²) in [4.78, 5) is 10.1. The average Bonchev–Trinajstić information content (AvgIpc) is 3.00. The lowest BCUT2D eigenvalue weighted by Crippen LogP contribution is -2.40. The summed E-state index contributed by atoms with van der Waals surface area (Å²) in [5.41, 5.74) is 1.61. The molecule has 0 spiro atoms. The quantitative estimate of drug-likeness (QED) is 0.823. The number of hydrogen-bond acceptors (Lipinski definition) is 3. The molecule has 1 aromatic carbocycles. The van der Waals surface area contributed by atoms with Gasteiger partial charge >= 0.3 is 0 Å². The van der Waals surface area contributed by atoms with Gasteiger partial charge in [0.1, 0.15) is 5.82 Å². The summed E-state index contributed by atoms with van der Waals surface area (Å²) in [6.07, 6.45) is 2.56. The number of H-pyrrole nitrogens is 1. The Hall–Kier alpha value is -1.62. The van der Waals surface area contributed by atoms with Crippen LogP contribution in [-0.2, 0) is 0 Å². The molecule has 0 aliphatic carbocycles. The Morgan fingerprint density at radius 1 is 1.32 bits per heavy atom. The van der Waals surface area contributed by atoms with Crippen LogP contribution in [0.25, 0.3) is 11.0 Å². The maximum atomic E-state index is 13.2. The zero-order chi connectivity index (χ0) is 12.8. The smallest absolute Gasteiger partial charge is 0.203 e. The summed E-state index contributed by atoms with van der Waals surface area (Å²) in [7, 11) is 0. The Balaban J connectivity index is 1.64. The van der Waals surface area contributed by atoms with Gasteiger partial charge in [-0.15, -0.1) is 0 Å². The third kappa shape index (κ3) is 1.89. The van der Waals surface area contributed by atoms with Crippen molar-refractivity contribution in [3.8, 4) is 0 Å². The number of aromatic amines is 1. The molecule has 100 valence electrons. The number of imidazole rings is 1. The fourth-order valence-electron chi connectivity index (χ4n) is 3.34. The Labute approximate surface area is 111 Å². The molecule has 2 aromatic rings. The predicted octanol–water partition coefficient (Wildman–Crippen LogP) is 1.89. The Kier molecular flexibility index (Phi) is 2.48. The number of benzene rings is 1. The molecule has 0 amide bonds. The second-order valence-electron chi connectivity index (χ2n) is 5.59. The maximum Gasteiger partial charge on any atom is 0.203 e. The van der Waals surface area contributed by atoms with Crippen LogP contribution in [0.1, 0.15) is 12.8 Å². The van der Waals surface area contributed by atoms with E-state index in [-0.39, 0.29) is 5.82 Å².